The van der Waals surface area contributed by atoms with Gasteiger partial charge in [0.2, 0.25) is 5.28 Å². The summed E-state index contributed by atoms with van der Waals surface area (Å²) in [5.41, 5.74) is 0. The molecule has 0 aromatic carbocycles. The normalized spacial score (nSPS) is 10.4. The van der Waals surface area contributed by atoms with Crippen LogP contribution in [-0.2, 0) is 0 Å². The minimum absolute atomic E-state index is 0.0148. The highest BCUT2D eigenvalue weighted by molar-refractivity contribution is 9.10. The van der Waals surface area contributed by atoms with Crippen molar-refractivity contribution < 1.29 is 4.39 Å². The molecule has 0 aliphatic rings. The highest BCUT2D eigenvalue weighted by atomic mass is 79.9. The van der Waals surface area contributed by atoms with E-state index in [1.807, 2.05) is 6.07 Å². The van der Waals surface area contributed by atoms with Gasteiger partial charge in [-0.1, -0.05) is 0 Å². The molecule has 0 amide bonds. The van der Waals surface area contributed by atoms with Gasteiger partial charge in [0.05, 0.1) is 6.20 Å². The van der Waals surface area contributed by atoms with Gasteiger partial charge in [0.15, 0.2) is 5.82 Å². The van der Waals surface area contributed by atoms with Crippen LogP contribution < -0.4 is 0 Å². The molecule has 0 saturated carbocycles. The van der Waals surface area contributed by atoms with Crippen molar-refractivity contribution in [2.75, 3.05) is 0 Å². The van der Waals surface area contributed by atoms with Crippen molar-refractivity contribution in [2.24, 2.45) is 0 Å². The van der Waals surface area contributed by atoms with Crippen LogP contribution in [0.5, 0.6) is 0 Å². The molecule has 0 aliphatic carbocycles. The molecule has 3 nitrogen and oxygen atoms in total. The van der Waals surface area contributed by atoms with Crippen molar-refractivity contribution in [3.63, 3.8) is 0 Å². The minimum Gasteiger partial charge on any atom is -0.248 e. The standard InChI is InChI=1S/C9H4BrClFN3S/c10-5-1-2-7(13-3-5)16-8-6(12)4-14-9(11)15-8/h1-4H. The van der Waals surface area contributed by atoms with Gasteiger partial charge >= 0.3 is 0 Å². The Bertz CT molecular complexity index is 509. The molecule has 0 radical (unpaired) electrons. The fourth-order valence-corrected chi connectivity index (χ4v) is 2.06. The summed E-state index contributed by atoms with van der Waals surface area (Å²) in [5, 5.41) is 0.813. The van der Waals surface area contributed by atoms with Gasteiger partial charge in [0.1, 0.15) is 10.1 Å². The highest BCUT2D eigenvalue weighted by Crippen LogP contribution is 2.27. The number of hydrogen-bond acceptors (Lipinski definition) is 4. The summed E-state index contributed by atoms with van der Waals surface area (Å²) in [5.74, 6) is -0.515. The van der Waals surface area contributed by atoms with Gasteiger partial charge in [-0.25, -0.2) is 19.3 Å². The SMILES string of the molecule is Fc1cnc(Cl)nc1Sc1ccc(Br)cn1. The predicted molar refractivity (Wildman–Crippen MR) is 63.1 cm³/mol. The van der Waals surface area contributed by atoms with E-state index in [0.717, 1.165) is 22.4 Å². The lowest BCUT2D eigenvalue weighted by Gasteiger charge is -2.01. The lowest BCUT2D eigenvalue weighted by atomic mass is 10.5. The Labute approximate surface area is 109 Å². The average molecular weight is 321 g/mol. The van der Waals surface area contributed by atoms with E-state index in [0.29, 0.717) is 5.03 Å². The lowest BCUT2D eigenvalue weighted by molar-refractivity contribution is 0.579. The molecular weight excluding hydrogens is 317 g/mol. The summed E-state index contributed by atoms with van der Waals surface area (Å²) >= 11 is 9.94. The van der Waals surface area contributed by atoms with Crippen LogP contribution in [0.15, 0.2) is 39.1 Å². The molecule has 82 valence electrons. The first-order valence-corrected chi connectivity index (χ1v) is 6.11. The van der Waals surface area contributed by atoms with E-state index in [4.69, 9.17) is 11.6 Å². The molecule has 0 atom stereocenters. The summed E-state index contributed by atoms with van der Waals surface area (Å²) in [6.45, 7) is 0. The van der Waals surface area contributed by atoms with E-state index in [9.17, 15) is 4.39 Å². The van der Waals surface area contributed by atoms with Crippen molar-refractivity contribution in [2.45, 2.75) is 10.1 Å². The minimum atomic E-state index is -0.515. The maximum absolute atomic E-state index is 13.3. The third kappa shape index (κ3) is 2.90. The molecule has 0 bridgehead atoms. The van der Waals surface area contributed by atoms with Gasteiger partial charge in [0, 0.05) is 10.7 Å². The Kier molecular flexibility index (Phi) is 3.73. The molecule has 0 spiro atoms. The van der Waals surface area contributed by atoms with Gasteiger partial charge < -0.3 is 0 Å². The largest absolute Gasteiger partial charge is 0.248 e. The van der Waals surface area contributed by atoms with E-state index in [-0.39, 0.29) is 10.3 Å². The van der Waals surface area contributed by atoms with Crippen LogP contribution in [0.2, 0.25) is 5.28 Å². The number of rotatable bonds is 2. The molecule has 2 aromatic heterocycles. The smallest absolute Gasteiger partial charge is 0.223 e. The monoisotopic (exact) mass is 319 g/mol. The van der Waals surface area contributed by atoms with Crippen molar-refractivity contribution in [1.29, 1.82) is 0 Å². The van der Waals surface area contributed by atoms with Gasteiger partial charge in [-0.3, -0.25) is 0 Å². The lowest BCUT2D eigenvalue weighted by Crippen LogP contribution is -1.91. The molecule has 2 rings (SSSR count). The Morgan fingerprint density at radius 1 is 1.25 bits per heavy atom. The van der Waals surface area contributed by atoms with Crippen LogP contribution in [0.4, 0.5) is 4.39 Å². The molecule has 0 N–H and O–H groups in total. The van der Waals surface area contributed by atoms with Crippen molar-refractivity contribution in [3.05, 3.63) is 40.1 Å². The second-order valence-corrected chi connectivity index (χ2v) is 4.97. The number of hydrogen-bond donors (Lipinski definition) is 0. The Morgan fingerprint density at radius 3 is 2.75 bits per heavy atom. The van der Waals surface area contributed by atoms with Crippen LogP contribution in [0.1, 0.15) is 0 Å². The molecule has 2 heterocycles. The van der Waals surface area contributed by atoms with Crippen molar-refractivity contribution in [1.82, 2.24) is 15.0 Å². The summed E-state index contributed by atoms with van der Waals surface area (Å²) < 4.78 is 14.2. The molecule has 0 fully saturated rings. The van der Waals surface area contributed by atoms with Crippen LogP contribution in [0, 0.1) is 5.82 Å². The fraction of sp³-hybridized carbons (Fsp3) is 0. The maximum Gasteiger partial charge on any atom is 0.223 e. The summed E-state index contributed by atoms with van der Waals surface area (Å²) in [4.78, 5) is 11.4. The molecular formula is C9H4BrClFN3S. The number of pyridine rings is 1. The van der Waals surface area contributed by atoms with E-state index >= 15 is 0 Å². The van der Waals surface area contributed by atoms with E-state index in [2.05, 4.69) is 30.9 Å². The van der Waals surface area contributed by atoms with Crippen molar-refractivity contribution in [3.8, 4) is 0 Å². The molecule has 2 aromatic rings. The first kappa shape index (κ1) is 11.8. The highest BCUT2D eigenvalue weighted by Gasteiger charge is 2.08. The average Bonchev–Trinajstić information content (AvgIpc) is 2.27. The second kappa shape index (κ2) is 5.07. The van der Waals surface area contributed by atoms with Gasteiger partial charge in [-0.2, -0.15) is 0 Å². The first-order chi connectivity index (χ1) is 7.65. The van der Waals surface area contributed by atoms with E-state index < -0.39 is 5.82 Å². The number of halogens is 3. The molecule has 7 heteroatoms. The Balaban J connectivity index is 2.26. The zero-order valence-corrected chi connectivity index (χ0v) is 10.9. The topological polar surface area (TPSA) is 38.7 Å². The molecule has 16 heavy (non-hydrogen) atoms. The molecule has 0 aliphatic heterocycles. The number of nitrogens with zero attached hydrogens (tertiary/aromatic N) is 3. The molecule has 0 saturated heterocycles. The Hall–Kier alpha value is -0.720. The van der Waals surface area contributed by atoms with Crippen LogP contribution in [0.3, 0.4) is 0 Å². The second-order valence-electron chi connectivity index (χ2n) is 2.71. The summed E-state index contributed by atoms with van der Waals surface area (Å²) in [6.07, 6.45) is 2.67. The first-order valence-electron chi connectivity index (χ1n) is 4.12. The van der Waals surface area contributed by atoms with Crippen LogP contribution in [-0.4, -0.2) is 15.0 Å². The van der Waals surface area contributed by atoms with Crippen LogP contribution >= 0.6 is 39.3 Å². The zero-order valence-electron chi connectivity index (χ0n) is 7.69. The fourth-order valence-electron chi connectivity index (χ4n) is 0.924. The van der Waals surface area contributed by atoms with Gasteiger partial charge in [0.25, 0.3) is 0 Å². The molecule has 0 unspecified atom stereocenters. The maximum atomic E-state index is 13.3. The zero-order chi connectivity index (χ0) is 11.5. The summed E-state index contributed by atoms with van der Waals surface area (Å²) in [6, 6.07) is 3.57. The third-order valence-corrected chi connectivity index (χ3v) is 3.17. The van der Waals surface area contributed by atoms with E-state index in [1.165, 1.54) is 0 Å². The van der Waals surface area contributed by atoms with Gasteiger partial charge in [-0.15, -0.1) is 0 Å². The number of aromatic nitrogens is 3. The van der Waals surface area contributed by atoms with E-state index in [1.54, 1.807) is 12.3 Å². The Morgan fingerprint density at radius 2 is 2.06 bits per heavy atom. The summed E-state index contributed by atoms with van der Waals surface area (Å²) in [7, 11) is 0. The quantitative estimate of drug-likeness (QED) is 0.626. The van der Waals surface area contributed by atoms with Gasteiger partial charge in [-0.05, 0) is 51.4 Å². The van der Waals surface area contributed by atoms with Crippen LogP contribution in [0.25, 0.3) is 0 Å². The van der Waals surface area contributed by atoms with Crippen molar-refractivity contribution >= 4 is 39.3 Å². The third-order valence-electron chi connectivity index (χ3n) is 1.58. The predicted octanol–water partition coefficient (Wildman–Crippen LogP) is 3.58.